The Kier molecular flexibility index (Phi) is 3.70. The molecule has 0 radical (unpaired) electrons. The molecule has 0 amide bonds. The van der Waals surface area contributed by atoms with E-state index in [1.54, 1.807) is 13.1 Å². The fourth-order valence-corrected chi connectivity index (χ4v) is 1.47. The van der Waals surface area contributed by atoms with Crippen molar-refractivity contribution >= 4 is 5.57 Å². The molecule has 0 unspecified atom stereocenters. The number of benzene rings is 1. The maximum absolute atomic E-state index is 8.96. The average Bonchev–Trinajstić information content (AvgIpc) is 2.27. The van der Waals surface area contributed by atoms with Gasteiger partial charge in [-0.2, -0.15) is 5.26 Å². The van der Waals surface area contributed by atoms with Crippen LogP contribution < -0.4 is 5.32 Å². The van der Waals surface area contributed by atoms with Crippen LogP contribution in [-0.2, 0) is 0 Å². The topological polar surface area (TPSA) is 35.8 Å². The van der Waals surface area contributed by atoms with Crippen LogP contribution in [0.4, 0.5) is 0 Å². The van der Waals surface area contributed by atoms with Crippen molar-refractivity contribution in [2.24, 2.45) is 0 Å². The fraction of sp³-hybridized carbons (Fsp3) is 0.154. The predicted octanol–water partition coefficient (Wildman–Crippen LogP) is 2.64. The van der Waals surface area contributed by atoms with Crippen molar-refractivity contribution in [1.82, 2.24) is 5.32 Å². The van der Waals surface area contributed by atoms with Crippen LogP contribution >= 0.6 is 0 Å². The smallest absolute Gasteiger partial charge is 0.121 e. The SMILES string of the molecule is C=C/C(=C(/C#N)NC)c1ccccc1C. The first-order valence-electron chi connectivity index (χ1n) is 4.75. The summed E-state index contributed by atoms with van der Waals surface area (Å²) in [5.41, 5.74) is 3.56. The summed E-state index contributed by atoms with van der Waals surface area (Å²) in [6.45, 7) is 5.76. The van der Waals surface area contributed by atoms with Crippen LogP contribution in [0.5, 0.6) is 0 Å². The van der Waals surface area contributed by atoms with E-state index in [-0.39, 0.29) is 0 Å². The van der Waals surface area contributed by atoms with E-state index in [9.17, 15) is 0 Å². The van der Waals surface area contributed by atoms with Gasteiger partial charge < -0.3 is 5.32 Å². The number of hydrogen-bond donors (Lipinski definition) is 1. The molecule has 0 fully saturated rings. The number of nitrogens with zero attached hydrogens (tertiary/aromatic N) is 1. The van der Waals surface area contributed by atoms with Crippen LogP contribution in [0.3, 0.4) is 0 Å². The van der Waals surface area contributed by atoms with Crippen LogP contribution in [0.1, 0.15) is 11.1 Å². The Bertz CT molecular complexity index is 436. The van der Waals surface area contributed by atoms with Crippen molar-refractivity contribution in [3.8, 4) is 6.07 Å². The summed E-state index contributed by atoms with van der Waals surface area (Å²) in [6.07, 6.45) is 1.71. The Morgan fingerprint density at radius 2 is 2.13 bits per heavy atom. The number of hydrogen-bond acceptors (Lipinski definition) is 2. The molecule has 0 atom stereocenters. The van der Waals surface area contributed by atoms with Crippen molar-refractivity contribution in [2.45, 2.75) is 6.92 Å². The normalized spacial score (nSPS) is 11.3. The fourth-order valence-electron chi connectivity index (χ4n) is 1.47. The summed E-state index contributed by atoms with van der Waals surface area (Å²) in [5.74, 6) is 0. The molecule has 1 N–H and O–H groups in total. The maximum atomic E-state index is 8.96. The highest BCUT2D eigenvalue weighted by Crippen LogP contribution is 2.21. The van der Waals surface area contributed by atoms with Crippen molar-refractivity contribution in [3.63, 3.8) is 0 Å². The van der Waals surface area contributed by atoms with Gasteiger partial charge in [0.15, 0.2) is 0 Å². The third kappa shape index (κ3) is 2.26. The molecule has 0 bridgehead atoms. The standard InChI is InChI=1S/C13H14N2/c1-4-11(13(9-14)15-3)12-8-6-5-7-10(12)2/h4-8,15H,1H2,2-3H3/b13-11+. The van der Waals surface area contributed by atoms with Crippen molar-refractivity contribution in [1.29, 1.82) is 5.26 Å². The van der Waals surface area contributed by atoms with Gasteiger partial charge in [-0.3, -0.25) is 0 Å². The van der Waals surface area contributed by atoms with E-state index < -0.39 is 0 Å². The second-order valence-electron chi connectivity index (χ2n) is 3.17. The summed E-state index contributed by atoms with van der Waals surface area (Å²) in [5, 5.41) is 11.8. The molecule has 76 valence electrons. The molecular formula is C13H14N2. The van der Waals surface area contributed by atoms with E-state index in [2.05, 4.69) is 18.0 Å². The molecular weight excluding hydrogens is 184 g/mol. The summed E-state index contributed by atoms with van der Waals surface area (Å²) < 4.78 is 0. The molecule has 1 aromatic carbocycles. The van der Waals surface area contributed by atoms with Gasteiger partial charge in [-0.1, -0.05) is 36.9 Å². The Balaban J connectivity index is 3.38. The molecule has 0 heterocycles. The van der Waals surface area contributed by atoms with Crippen LogP contribution in [0.25, 0.3) is 5.57 Å². The number of allylic oxidation sites excluding steroid dienone is 3. The summed E-state index contributed by atoms with van der Waals surface area (Å²) >= 11 is 0. The van der Waals surface area contributed by atoms with E-state index in [0.29, 0.717) is 5.70 Å². The maximum Gasteiger partial charge on any atom is 0.121 e. The van der Waals surface area contributed by atoms with Gasteiger partial charge in [-0.25, -0.2) is 0 Å². The molecule has 15 heavy (non-hydrogen) atoms. The van der Waals surface area contributed by atoms with Crippen molar-refractivity contribution in [3.05, 3.63) is 53.7 Å². The lowest BCUT2D eigenvalue weighted by molar-refractivity contribution is 1.04. The minimum Gasteiger partial charge on any atom is -0.379 e. The summed E-state index contributed by atoms with van der Waals surface area (Å²) in [4.78, 5) is 0. The Morgan fingerprint density at radius 3 is 2.60 bits per heavy atom. The number of nitrogens with one attached hydrogen (secondary N) is 1. The first kappa shape index (κ1) is 11.1. The van der Waals surface area contributed by atoms with Gasteiger partial charge in [0, 0.05) is 12.6 Å². The Labute approximate surface area is 90.5 Å². The van der Waals surface area contributed by atoms with Gasteiger partial charge >= 0.3 is 0 Å². The van der Waals surface area contributed by atoms with Crippen LogP contribution in [0, 0.1) is 18.3 Å². The molecule has 2 nitrogen and oxygen atoms in total. The summed E-state index contributed by atoms with van der Waals surface area (Å²) in [7, 11) is 1.74. The first-order chi connectivity index (χ1) is 7.24. The van der Waals surface area contributed by atoms with Crippen molar-refractivity contribution < 1.29 is 0 Å². The molecule has 0 aliphatic rings. The van der Waals surface area contributed by atoms with E-state index in [1.165, 1.54) is 0 Å². The molecule has 1 rings (SSSR count). The zero-order valence-corrected chi connectivity index (χ0v) is 9.04. The molecule has 0 spiro atoms. The predicted molar refractivity (Wildman–Crippen MR) is 63.0 cm³/mol. The highest BCUT2D eigenvalue weighted by molar-refractivity contribution is 5.79. The second kappa shape index (κ2) is 5.02. The summed E-state index contributed by atoms with van der Waals surface area (Å²) in [6, 6.07) is 10.1. The first-order valence-corrected chi connectivity index (χ1v) is 4.75. The van der Waals surface area contributed by atoms with Crippen molar-refractivity contribution in [2.75, 3.05) is 7.05 Å². The number of rotatable bonds is 3. The Morgan fingerprint density at radius 1 is 1.47 bits per heavy atom. The van der Waals surface area contributed by atoms with Gasteiger partial charge in [0.2, 0.25) is 0 Å². The third-order valence-corrected chi connectivity index (χ3v) is 2.27. The molecule has 0 saturated heterocycles. The quantitative estimate of drug-likeness (QED) is 0.598. The minimum absolute atomic E-state index is 0.541. The Hall–Kier alpha value is -2.01. The van der Waals surface area contributed by atoms with Crippen LogP contribution in [0.15, 0.2) is 42.6 Å². The monoisotopic (exact) mass is 198 g/mol. The second-order valence-corrected chi connectivity index (χ2v) is 3.17. The molecule has 1 aromatic rings. The van der Waals surface area contributed by atoms with E-state index >= 15 is 0 Å². The average molecular weight is 198 g/mol. The molecule has 0 saturated carbocycles. The molecule has 0 aromatic heterocycles. The van der Waals surface area contributed by atoms with Gasteiger partial charge in [-0.05, 0) is 18.1 Å². The highest BCUT2D eigenvalue weighted by atomic mass is 14.8. The lowest BCUT2D eigenvalue weighted by Gasteiger charge is -2.08. The largest absolute Gasteiger partial charge is 0.379 e. The van der Waals surface area contributed by atoms with E-state index in [4.69, 9.17) is 5.26 Å². The van der Waals surface area contributed by atoms with Crippen LogP contribution in [-0.4, -0.2) is 7.05 Å². The van der Waals surface area contributed by atoms with E-state index in [0.717, 1.165) is 16.7 Å². The van der Waals surface area contributed by atoms with E-state index in [1.807, 2.05) is 31.2 Å². The molecule has 2 heteroatoms. The lowest BCUT2D eigenvalue weighted by atomic mass is 9.99. The highest BCUT2D eigenvalue weighted by Gasteiger charge is 2.06. The zero-order valence-electron chi connectivity index (χ0n) is 9.04. The van der Waals surface area contributed by atoms with Gasteiger partial charge in [-0.15, -0.1) is 0 Å². The third-order valence-electron chi connectivity index (χ3n) is 2.27. The van der Waals surface area contributed by atoms with Gasteiger partial charge in [0.25, 0.3) is 0 Å². The lowest BCUT2D eigenvalue weighted by Crippen LogP contribution is -2.06. The zero-order chi connectivity index (χ0) is 11.3. The number of nitriles is 1. The molecule has 0 aliphatic heterocycles. The minimum atomic E-state index is 0.541. The van der Waals surface area contributed by atoms with Crippen LogP contribution in [0.2, 0.25) is 0 Å². The van der Waals surface area contributed by atoms with Gasteiger partial charge in [0.1, 0.15) is 11.8 Å². The van der Waals surface area contributed by atoms with Gasteiger partial charge in [0.05, 0.1) is 0 Å². The molecule has 0 aliphatic carbocycles. The number of aryl methyl sites for hydroxylation is 1.